The van der Waals surface area contributed by atoms with Crippen molar-refractivity contribution in [1.29, 1.82) is 0 Å². The van der Waals surface area contributed by atoms with Gasteiger partial charge in [0.2, 0.25) is 10.4 Å². The summed E-state index contributed by atoms with van der Waals surface area (Å²) in [7, 11) is -4.92. The minimum absolute atomic E-state index is 0.160. The Morgan fingerprint density at radius 1 is 1.43 bits per heavy atom. The molecule has 0 heterocycles. The van der Waals surface area contributed by atoms with Gasteiger partial charge in [0.15, 0.2) is 0 Å². The first-order chi connectivity index (χ1) is 6.34. The van der Waals surface area contributed by atoms with Crippen molar-refractivity contribution in [2.75, 3.05) is 0 Å². The maximum absolute atomic E-state index is 12.5. The van der Waals surface area contributed by atoms with Gasteiger partial charge in [-0.1, -0.05) is 18.2 Å². The van der Waals surface area contributed by atoms with E-state index in [1.807, 2.05) is 6.07 Å². The third-order valence-electron chi connectivity index (χ3n) is 1.23. The van der Waals surface area contributed by atoms with E-state index in [0.717, 1.165) is 0 Å². The van der Waals surface area contributed by atoms with E-state index < -0.39 is 10.4 Å². The molecule has 80 valence electrons. The Hall–Kier alpha value is -1.02. The quantitative estimate of drug-likeness (QED) is 0.498. The number of halogens is 1. The van der Waals surface area contributed by atoms with Gasteiger partial charge in [0, 0.05) is 5.56 Å². The van der Waals surface area contributed by atoms with Crippen LogP contribution in [0.1, 0.15) is 5.56 Å². The molecular formula is C7H10FNO4S. The Bertz CT molecular complexity index is 371. The number of hydrogen-bond donors (Lipinski definition) is 2. The molecule has 0 spiro atoms. The summed E-state index contributed by atoms with van der Waals surface area (Å²) in [4.78, 5) is 0. The molecule has 0 saturated heterocycles. The van der Waals surface area contributed by atoms with Gasteiger partial charge in [-0.05, 0) is 6.07 Å². The normalized spacial score (nSPS) is 10.3. The Morgan fingerprint density at radius 2 is 1.86 bits per heavy atom. The Kier molecular flexibility index (Phi) is 5.24. The minimum atomic E-state index is -4.92. The van der Waals surface area contributed by atoms with Gasteiger partial charge < -0.3 is 10.3 Å². The van der Waals surface area contributed by atoms with Crippen LogP contribution in [0.15, 0.2) is 24.3 Å². The highest BCUT2D eigenvalue weighted by Gasteiger charge is 1.96. The van der Waals surface area contributed by atoms with Crippen molar-refractivity contribution in [3.05, 3.63) is 35.6 Å². The predicted molar refractivity (Wildman–Crippen MR) is 45.3 cm³/mol. The van der Waals surface area contributed by atoms with Crippen LogP contribution in [-0.4, -0.2) is 17.5 Å². The van der Waals surface area contributed by atoms with Crippen LogP contribution in [0.3, 0.4) is 0 Å². The van der Waals surface area contributed by atoms with Gasteiger partial charge in [-0.2, -0.15) is 0 Å². The van der Waals surface area contributed by atoms with Crippen molar-refractivity contribution >= 4 is 10.4 Å². The lowest BCUT2D eigenvalue weighted by atomic mass is 10.2. The Morgan fingerprint density at radius 3 is 2.14 bits per heavy atom. The van der Waals surface area contributed by atoms with Crippen LogP contribution in [0.5, 0.6) is 0 Å². The average Bonchev–Trinajstić information content (AvgIpc) is 2.02. The lowest BCUT2D eigenvalue weighted by molar-refractivity contribution is -0.386. The zero-order valence-electron chi connectivity index (χ0n) is 7.18. The molecule has 1 rings (SSSR count). The molecule has 0 amide bonds. The molecule has 0 unspecified atom stereocenters. The van der Waals surface area contributed by atoms with Gasteiger partial charge in [0.05, 0.1) is 0 Å². The highest BCUT2D eigenvalue weighted by Crippen LogP contribution is 2.02. The molecule has 0 aliphatic heterocycles. The molecule has 7 heteroatoms. The van der Waals surface area contributed by atoms with Crippen molar-refractivity contribution in [2.24, 2.45) is 0 Å². The molecule has 5 nitrogen and oxygen atoms in total. The zero-order chi connectivity index (χ0) is 11.2. The first-order valence-corrected chi connectivity index (χ1v) is 4.92. The SMILES string of the molecule is O=S(=O)([O-])O.[NH3+]Cc1ccccc1F. The smallest absolute Gasteiger partial charge is 0.215 e. The van der Waals surface area contributed by atoms with Gasteiger partial charge in [-0.15, -0.1) is 0 Å². The van der Waals surface area contributed by atoms with E-state index in [2.05, 4.69) is 5.73 Å². The summed E-state index contributed by atoms with van der Waals surface area (Å²) in [6, 6.07) is 6.67. The van der Waals surface area contributed by atoms with Gasteiger partial charge in [0.25, 0.3) is 0 Å². The number of quaternary nitrogens is 1. The number of rotatable bonds is 1. The molecule has 1 aromatic rings. The third kappa shape index (κ3) is 7.62. The highest BCUT2D eigenvalue weighted by molar-refractivity contribution is 7.79. The molecule has 1 aromatic carbocycles. The molecule has 0 aliphatic carbocycles. The fourth-order valence-electron chi connectivity index (χ4n) is 0.701. The largest absolute Gasteiger partial charge is 0.726 e. The molecule has 0 atom stereocenters. The first kappa shape index (κ1) is 13.0. The van der Waals surface area contributed by atoms with Crippen LogP contribution < -0.4 is 5.73 Å². The highest BCUT2D eigenvalue weighted by atomic mass is 32.3. The Labute approximate surface area is 80.9 Å². The van der Waals surface area contributed by atoms with Gasteiger partial charge in [0.1, 0.15) is 12.4 Å². The van der Waals surface area contributed by atoms with E-state index >= 15 is 0 Å². The monoisotopic (exact) mass is 223 g/mol. The van der Waals surface area contributed by atoms with Gasteiger partial charge in [-0.25, -0.2) is 12.8 Å². The lowest BCUT2D eigenvalue weighted by Crippen LogP contribution is -2.47. The Balaban J connectivity index is 0.000000292. The maximum Gasteiger partial charge on any atom is 0.215 e. The number of hydrogen-bond acceptors (Lipinski definition) is 3. The second kappa shape index (κ2) is 5.66. The standard InChI is InChI=1S/C7H8FN.H2O4S/c8-7-4-2-1-3-6(7)5-9;1-5(2,3)4/h1-4H,5,9H2;(H2,1,2,3,4). The first-order valence-electron chi connectivity index (χ1n) is 3.55. The summed E-state index contributed by atoms with van der Waals surface area (Å²) in [5.74, 6) is -0.160. The van der Waals surface area contributed by atoms with E-state index in [4.69, 9.17) is 17.5 Å². The van der Waals surface area contributed by atoms with Crippen LogP contribution in [0.2, 0.25) is 0 Å². The van der Waals surface area contributed by atoms with E-state index in [0.29, 0.717) is 12.1 Å². The van der Waals surface area contributed by atoms with Gasteiger partial charge in [-0.3, -0.25) is 4.55 Å². The van der Waals surface area contributed by atoms with Crippen molar-refractivity contribution in [3.63, 3.8) is 0 Å². The minimum Gasteiger partial charge on any atom is -0.726 e. The maximum atomic E-state index is 12.5. The van der Waals surface area contributed by atoms with E-state index in [9.17, 15) is 4.39 Å². The second-order valence-corrected chi connectivity index (χ2v) is 3.12. The molecule has 0 fully saturated rings. The molecule has 0 aromatic heterocycles. The molecule has 0 radical (unpaired) electrons. The van der Waals surface area contributed by atoms with Crippen molar-refractivity contribution in [1.82, 2.24) is 0 Å². The van der Waals surface area contributed by atoms with Crippen molar-refractivity contribution < 1.29 is 27.6 Å². The summed E-state index contributed by atoms with van der Waals surface area (Å²) in [6.45, 7) is 0.521. The van der Waals surface area contributed by atoms with E-state index in [1.54, 1.807) is 12.1 Å². The summed E-state index contributed by atoms with van der Waals surface area (Å²) in [6.07, 6.45) is 0. The topological polar surface area (TPSA) is 105 Å². The average molecular weight is 223 g/mol. The van der Waals surface area contributed by atoms with E-state index in [1.165, 1.54) is 6.07 Å². The molecule has 14 heavy (non-hydrogen) atoms. The lowest BCUT2D eigenvalue weighted by Gasteiger charge is -1.92. The zero-order valence-corrected chi connectivity index (χ0v) is 8.00. The summed E-state index contributed by atoms with van der Waals surface area (Å²) in [5.41, 5.74) is 4.26. The molecule has 0 saturated carbocycles. The second-order valence-electron chi connectivity index (χ2n) is 2.27. The number of benzene rings is 1. The summed E-state index contributed by atoms with van der Waals surface area (Å²) >= 11 is 0. The molecule has 0 aliphatic rings. The van der Waals surface area contributed by atoms with Crippen LogP contribution in [0, 0.1) is 5.82 Å². The summed E-state index contributed by atoms with van der Waals surface area (Å²) in [5, 5.41) is 0. The molecule has 4 N–H and O–H groups in total. The van der Waals surface area contributed by atoms with Crippen LogP contribution in [0.4, 0.5) is 4.39 Å². The fourth-order valence-corrected chi connectivity index (χ4v) is 0.701. The molecular weight excluding hydrogens is 213 g/mol. The van der Waals surface area contributed by atoms with E-state index in [-0.39, 0.29) is 5.82 Å². The molecule has 0 bridgehead atoms. The third-order valence-corrected chi connectivity index (χ3v) is 1.23. The predicted octanol–water partition coefficient (Wildman–Crippen LogP) is -0.428. The van der Waals surface area contributed by atoms with Crippen molar-refractivity contribution in [3.8, 4) is 0 Å². The van der Waals surface area contributed by atoms with Crippen LogP contribution >= 0.6 is 0 Å². The van der Waals surface area contributed by atoms with Crippen LogP contribution in [0.25, 0.3) is 0 Å². The summed E-state index contributed by atoms with van der Waals surface area (Å²) < 4.78 is 45.4. The van der Waals surface area contributed by atoms with Crippen molar-refractivity contribution in [2.45, 2.75) is 6.54 Å². The van der Waals surface area contributed by atoms with Gasteiger partial charge >= 0.3 is 0 Å². The fraction of sp³-hybridized carbons (Fsp3) is 0.143. The van der Waals surface area contributed by atoms with Crippen LogP contribution in [-0.2, 0) is 16.9 Å².